The van der Waals surface area contributed by atoms with Crippen LogP contribution >= 0.6 is 0 Å². The summed E-state index contributed by atoms with van der Waals surface area (Å²) in [7, 11) is 0. The van der Waals surface area contributed by atoms with Crippen LogP contribution in [0, 0.1) is 0 Å². The smallest absolute Gasteiger partial charge is 0.306 e. The topological polar surface area (TPSA) is 82.1 Å². The van der Waals surface area contributed by atoms with Gasteiger partial charge in [-0.15, -0.1) is 0 Å². The summed E-state index contributed by atoms with van der Waals surface area (Å²) in [5.41, 5.74) is 0. The van der Waals surface area contributed by atoms with E-state index in [0.29, 0.717) is 19.3 Å². The van der Waals surface area contributed by atoms with E-state index in [1.807, 2.05) is 13.8 Å². The fraction of sp³-hybridized carbons (Fsp3) is 0.857. The summed E-state index contributed by atoms with van der Waals surface area (Å²) >= 11 is 0. The van der Waals surface area contributed by atoms with Crippen molar-refractivity contribution >= 4 is 11.9 Å². The molecule has 1 fully saturated rings. The molecule has 0 aromatic rings. The van der Waals surface area contributed by atoms with Crippen molar-refractivity contribution in [3.63, 3.8) is 0 Å². The average Bonchev–Trinajstić information content (AvgIpc) is 2.36. The molecule has 6 heteroatoms. The zero-order valence-corrected chi connectivity index (χ0v) is 12.2. The Labute approximate surface area is 119 Å². The molecule has 0 spiro atoms. The summed E-state index contributed by atoms with van der Waals surface area (Å²) < 4.78 is 15.6. The molecule has 1 aliphatic rings. The Morgan fingerprint density at radius 2 is 1.80 bits per heavy atom. The van der Waals surface area contributed by atoms with E-state index in [1.165, 1.54) is 0 Å². The number of ether oxygens (including phenoxy) is 3. The molecular weight excluding hydrogens is 264 g/mol. The van der Waals surface area contributed by atoms with E-state index < -0.39 is 12.4 Å². The predicted octanol–water partition coefficient (Wildman–Crippen LogP) is 1.54. The van der Waals surface area contributed by atoms with E-state index >= 15 is 0 Å². The second-order valence-electron chi connectivity index (χ2n) is 4.98. The summed E-state index contributed by atoms with van der Waals surface area (Å²) in [6, 6.07) is 0. The standard InChI is InChI=1S/C14H24O6/c1-3-5-12(15)18-9-11-7-10(8-14(17)20-11)19-13(16)6-4-2/h10-11,14,17H,3-9H2,1-2H3. The summed E-state index contributed by atoms with van der Waals surface area (Å²) in [5.74, 6) is -0.552. The van der Waals surface area contributed by atoms with Crippen molar-refractivity contribution in [2.75, 3.05) is 6.61 Å². The molecule has 0 saturated carbocycles. The Morgan fingerprint density at radius 3 is 2.45 bits per heavy atom. The highest BCUT2D eigenvalue weighted by Crippen LogP contribution is 2.22. The van der Waals surface area contributed by atoms with Crippen LogP contribution in [-0.4, -0.2) is 42.1 Å². The quantitative estimate of drug-likeness (QED) is 0.716. The maximum absolute atomic E-state index is 11.4. The van der Waals surface area contributed by atoms with Gasteiger partial charge in [-0.2, -0.15) is 0 Å². The van der Waals surface area contributed by atoms with Gasteiger partial charge in [-0.1, -0.05) is 13.8 Å². The third kappa shape index (κ3) is 6.34. The molecule has 1 aliphatic heterocycles. The van der Waals surface area contributed by atoms with E-state index in [9.17, 15) is 14.7 Å². The van der Waals surface area contributed by atoms with E-state index in [4.69, 9.17) is 14.2 Å². The maximum Gasteiger partial charge on any atom is 0.306 e. The van der Waals surface area contributed by atoms with Crippen LogP contribution in [0.2, 0.25) is 0 Å². The van der Waals surface area contributed by atoms with E-state index in [2.05, 4.69) is 0 Å². The summed E-state index contributed by atoms with van der Waals surface area (Å²) in [5, 5.41) is 9.61. The van der Waals surface area contributed by atoms with E-state index in [1.54, 1.807) is 0 Å². The first kappa shape index (κ1) is 16.9. The van der Waals surface area contributed by atoms with Gasteiger partial charge in [0, 0.05) is 25.7 Å². The molecule has 0 aromatic heterocycles. The second-order valence-corrected chi connectivity index (χ2v) is 4.98. The minimum absolute atomic E-state index is 0.0811. The predicted molar refractivity (Wildman–Crippen MR) is 70.8 cm³/mol. The molecule has 0 aliphatic carbocycles. The first-order valence-electron chi connectivity index (χ1n) is 7.23. The zero-order chi connectivity index (χ0) is 15.0. The molecule has 20 heavy (non-hydrogen) atoms. The van der Waals surface area contributed by atoms with Crippen LogP contribution in [0.4, 0.5) is 0 Å². The van der Waals surface area contributed by atoms with E-state index in [0.717, 1.165) is 12.8 Å². The summed E-state index contributed by atoms with van der Waals surface area (Å²) in [6.07, 6.45) is 1.08. The van der Waals surface area contributed by atoms with Crippen LogP contribution in [0.25, 0.3) is 0 Å². The molecule has 0 radical (unpaired) electrons. The van der Waals surface area contributed by atoms with Crippen molar-refractivity contribution in [2.45, 2.75) is 70.9 Å². The Balaban J connectivity index is 2.37. The molecule has 1 heterocycles. The number of carbonyl (C=O) groups is 2. The number of aliphatic hydroxyl groups excluding tert-OH is 1. The molecule has 1 saturated heterocycles. The summed E-state index contributed by atoms with van der Waals surface area (Å²) in [4.78, 5) is 22.7. The Hall–Kier alpha value is -1.14. The highest BCUT2D eigenvalue weighted by atomic mass is 16.6. The minimum atomic E-state index is -0.988. The number of hydrogen-bond acceptors (Lipinski definition) is 6. The Morgan fingerprint density at radius 1 is 1.15 bits per heavy atom. The number of rotatable bonds is 7. The lowest BCUT2D eigenvalue weighted by molar-refractivity contribution is -0.211. The molecule has 3 unspecified atom stereocenters. The number of hydrogen-bond donors (Lipinski definition) is 1. The zero-order valence-electron chi connectivity index (χ0n) is 12.2. The van der Waals surface area contributed by atoms with Gasteiger partial charge < -0.3 is 19.3 Å². The van der Waals surface area contributed by atoms with Gasteiger partial charge in [-0.05, 0) is 12.8 Å². The van der Waals surface area contributed by atoms with Crippen LogP contribution in [0.3, 0.4) is 0 Å². The van der Waals surface area contributed by atoms with Gasteiger partial charge in [-0.3, -0.25) is 9.59 Å². The normalized spacial score (nSPS) is 26.1. The number of aliphatic hydroxyl groups is 1. The highest BCUT2D eigenvalue weighted by Gasteiger charge is 2.31. The average molecular weight is 288 g/mol. The van der Waals surface area contributed by atoms with Gasteiger partial charge in [0.1, 0.15) is 12.7 Å². The molecule has 6 nitrogen and oxygen atoms in total. The fourth-order valence-electron chi connectivity index (χ4n) is 2.06. The third-order valence-corrected chi connectivity index (χ3v) is 2.98. The molecule has 0 aromatic carbocycles. The van der Waals surface area contributed by atoms with Crippen LogP contribution in [0.5, 0.6) is 0 Å². The van der Waals surface area contributed by atoms with Gasteiger partial charge in [0.05, 0.1) is 6.10 Å². The van der Waals surface area contributed by atoms with Gasteiger partial charge in [0.15, 0.2) is 6.29 Å². The lowest BCUT2D eigenvalue weighted by Gasteiger charge is -2.32. The van der Waals surface area contributed by atoms with Crippen LogP contribution in [0.15, 0.2) is 0 Å². The van der Waals surface area contributed by atoms with Crippen molar-refractivity contribution in [3.05, 3.63) is 0 Å². The van der Waals surface area contributed by atoms with Gasteiger partial charge in [0.25, 0.3) is 0 Å². The van der Waals surface area contributed by atoms with Gasteiger partial charge >= 0.3 is 11.9 Å². The maximum atomic E-state index is 11.4. The molecule has 1 N–H and O–H groups in total. The van der Waals surface area contributed by atoms with E-state index in [-0.39, 0.29) is 31.1 Å². The second kappa shape index (κ2) is 8.92. The molecular formula is C14H24O6. The van der Waals surface area contributed by atoms with Crippen molar-refractivity contribution in [2.24, 2.45) is 0 Å². The fourth-order valence-corrected chi connectivity index (χ4v) is 2.06. The van der Waals surface area contributed by atoms with Crippen molar-refractivity contribution in [1.82, 2.24) is 0 Å². The van der Waals surface area contributed by atoms with Crippen molar-refractivity contribution in [3.8, 4) is 0 Å². The number of carbonyl (C=O) groups excluding carboxylic acids is 2. The minimum Gasteiger partial charge on any atom is -0.463 e. The lowest BCUT2D eigenvalue weighted by atomic mass is 10.1. The molecule has 116 valence electrons. The first-order valence-corrected chi connectivity index (χ1v) is 7.23. The summed E-state index contributed by atoms with van der Waals surface area (Å²) in [6.45, 7) is 3.87. The monoisotopic (exact) mass is 288 g/mol. The number of esters is 2. The molecule has 0 bridgehead atoms. The Bertz CT molecular complexity index is 317. The first-order chi connectivity index (χ1) is 9.55. The Kier molecular flexibility index (Phi) is 7.54. The van der Waals surface area contributed by atoms with Crippen LogP contribution < -0.4 is 0 Å². The van der Waals surface area contributed by atoms with Gasteiger partial charge in [-0.25, -0.2) is 0 Å². The molecule has 3 atom stereocenters. The SMILES string of the molecule is CCCC(=O)OCC1CC(OC(=O)CCC)CC(O)O1. The highest BCUT2D eigenvalue weighted by molar-refractivity contribution is 5.69. The third-order valence-electron chi connectivity index (χ3n) is 2.98. The molecule has 0 amide bonds. The van der Waals surface area contributed by atoms with Crippen LogP contribution in [-0.2, 0) is 23.8 Å². The largest absolute Gasteiger partial charge is 0.463 e. The van der Waals surface area contributed by atoms with Gasteiger partial charge in [0.2, 0.25) is 0 Å². The van der Waals surface area contributed by atoms with Crippen molar-refractivity contribution < 1.29 is 28.9 Å². The van der Waals surface area contributed by atoms with Crippen molar-refractivity contribution in [1.29, 1.82) is 0 Å². The molecule has 1 rings (SSSR count). The van der Waals surface area contributed by atoms with Crippen LogP contribution in [0.1, 0.15) is 52.4 Å². The lowest BCUT2D eigenvalue weighted by Crippen LogP contribution is -2.40.